The third-order valence-corrected chi connectivity index (χ3v) is 15.3. The van der Waals surface area contributed by atoms with Gasteiger partial charge >= 0.3 is 5.97 Å². The zero-order valence-corrected chi connectivity index (χ0v) is 25.5. The van der Waals surface area contributed by atoms with E-state index < -0.39 is 19.7 Å². The van der Waals surface area contributed by atoms with Crippen molar-refractivity contribution in [2.75, 3.05) is 18.6 Å². The molecule has 194 valence electrons. The Bertz CT molecular complexity index is 665. The molecule has 5 nitrogen and oxygen atoms in total. The van der Waals surface area contributed by atoms with Crippen LogP contribution in [-0.4, -0.2) is 61.1 Å². The lowest BCUT2D eigenvalue weighted by atomic mass is 9.81. The number of ether oxygens (including phenoxy) is 3. The summed E-state index contributed by atoms with van der Waals surface area (Å²) >= 11 is 4.06. The van der Waals surface area contributed by atoms with Gasteiger partial charge in [0.25, 0.3) is 0 Å². The van der Waals surface area contributed by atoms with E-state index in [1.54, 1.807) is 7.11 Å². The van der Waals surface area contributed by atoms with Gasteiger partial charge in [-0.3, -0.25) is 4.79 Å². The minimum atomic E-state index is -2.01. The lowest BCUT2D eigenvalue weighted by Gasteiger charge is -2.52. The van der Waals surface area contributed by atoms with Gasteiger partial charge in [-0.25, -0.2) is 0 Å². The van der Waals surface area contributed by atoms with Gasteiger partial charge in [-0.15, -0.1) is 23.5 Å². The van der Waals surface area contributed by atoms with Gasteiger partial charge in [0.2, 0.25) is 0 Å². The number of methoxy groups -OCH3 is 1. The van der Waals surface area contributed by atoms with Crippen molar-refractivity contribution in [3.05, 3.63) is 0 Å². The van der Waals surface area contributed by atoms with Crippen molar-refractivity contribution in [2.45, 2.75) is 127 Å². The molecule has 0 aliphatic carbocycles. The highest BCUT2D eigenvalue weighted by Gasteiger charge is 2.53. The first-order valence-corrected chi connectivity index (χ1v) is 17.3. The van der Waals surface area contributed by atoms with Crippen LogP contribution in [0.25, 0.3) is 0 Å². The molecule has 3 atom stereocenters. The lowest BCUT2D eigenvalue weighted by Crippen LogP contribution is -2.57. The Labute approximate surface area is 212 Å². The van der Waals surface area contributed by atoms with Gasteiger partial charge in [0.15, 0.2) is 14.1 Å². The van der Waals surface area contributed by atoms with Crippen molar-refractivity contribution in [3.63, 3.8) is 0 Å². The minimum absolute atomic E-state index is 0.0232. The predicted octanol–water partition coefficient (Wildman–Crippen LogP) is 6.85. The normalized spacial score (nSPS) is 28.6. The maximum Gasteiger partial charge on any atom is 0.311 e. The fourth-order valence-electron chi connectivity index (χ4n) is 4.15. The van der Waals surface area contributed by atoms with E-state index in [4.69, 9.17) is 18.6 Å². The Morgan fingerprint density at radius 2 is 1.64 bits per heavy atom. The van der Waals surface area contributed by atoms with Crippen molar-refractivity contribution >= 4 is 37.8 Å². The van der Waals surface area contributed by atoms with Gasteiger partial charge in [0.05, 0.1) is 23.2 Å². The monoisotopic (exact) mass is 520 g/mol. The van der Waals surface area contributed by atoms with Crippen LogP contribution in [-0.2, 0) is 23.4 Å². The molecule has 8 heteroatoms. The molecule has 0 aromatic heterocycles. The van der Waals surface area contributed by atoms with Gasteiger partial charge in [0.1, 0.15) is 5.60 Å². The van der Waals surface area contributed by atoms with E-state index in [9.17, 15) is 4.79 Å². The van der Waals surface area contributed by atoms with E-state index in [-0.39, 0.29) is 35.1 Å². The third-order valence-electron chi connectivity index (χ3n) is 7.11. The highest BCUT2D eigenvalue weighted by Crippen LogP contribution is 2.51. The summed E-state index contributed by atoms with van der Waals surface area (Å²) in [6.07, 6.45) is 2.57. The standard InChI is InChI=1S/C25H48O5S2Si/c1-22(2,3)29-20(26)17-25(27-9)16-18(30-33(10,11)23(4,5)6)15-19(28-25)24(7,8)21-31-13-12-14-32-21/h18-19,21H,12-17H2,1-11H3/t18-,19-,25+/m1/s1. The maximum atomic E-state index is 12.9. The van der Waals surface area contributed by atoms with Crippen LogP contribution < -0.4 is 0 Å². The van der Waals surface area contributed by atoms with Gasteiger partial charge in [0, 0.05) is 18.9 Å². The molecule has 0 amide bonds. The highest BCUT2D eigenvalue weighted by atomic mass is 32.2. The summed E-state index contributed by atoms with van der Waals surface area (Å²) < 4.78 is 25.8. The molecule has 2 saturated heterocycles. The quantitative estimate of drug-likeness (QED) is 0.269. The number of esters is 1. The second kappa shape index (κ2) is 10.7. The number of hydrogen-bond donors (Lipinski definition) is 0. The Hall–Kier alpha value is 0.267. The maximum absolute atomic E-state index is 12.9. The lowest BCUT2D eigenvalue weighted by molar-refractivity contribution is -0.301. The molecular formula is C25H48O5S2Si. The Kier molecular flexibility index (Phi) is 9.57. The summed E-state index contributed by atoms with van der Waals surface area (Å²) in [5.41, 5.74) is -0.644. The largest absolute Gasteiger partial charge is 0.460 e. The fourth-order valence-corrected chi connectivity index (χ4v) is 8.87. The van der Waals surface area contributed by atoms with Gasteiger partial charge < -0.3 is 18.6 Å². The van der Waals surface area contributed by atoms with E-state index in [2.05, 4.69) is 47.7 Å². The zero-order chi connectivity index (χ0) is 25.3. The van der Waals surface area contributed by atoms with Crippen LogP contribution in [0.1, 0.15) is 81.1 Å². The molecule has 0 unspecified atom stereocenters. The smallest absolute Gasteiger partial charge is 0.311 e. The summed E-state index contributed by atoms with van der Waals surface area (Å²) in [4.78, 5) is 12.9. The van der Waals surface area contributed by atoms with Gasteiger partial charge in [-0.2, -0.15) is 0 Å². The molecule has 0 bridgehead atoms. The second-order valence-corrected chi connectivity index (χ2v) is 20.2. The summed E-state index contributed by atoms with van der Waals surface area (Å²) in [6.45, 7) is 21.6. The average molecular weight is 521 g/mol. The van der Waals surface area contributed by atoms with Gasteiger partial charge in [-0.05, 0) is 63.3 Å². The molecule has 2 fully saturated rings. The SMILES string of the molecule is CO[C@@]1(CC(=O)OC(C)(C)C)C[C@H](O[Si](C)(C)C(C)(C)C)C[C@H](C(C)(C)C2SCCCS2)O1. The molecule has 2 aliphatic heterocycles. The topological polar surface area (TPSA) is 54.0 Å². The van der Waals surface area contributed by atoms with E-state index in [0.29, 0.717) is 11.0 Å². The van der Waals surface area contributed by atoms with E-state index >= 15 is 0 Å². The molecule has 0 spiro atoms. The molecule has 0 aromatic rings. The number of carbonyl (C=O) groups excluding carboxylic acids is 1. The van der Waals surface area contributed by atoms with Crippen molar-refractivity contribution in [2.24, 2.45) is 5.41 Å². The highest BCUT2D eigenvalue weighted by molar-refractivity contribution is 8.17. The van der Waals surface area contributed by atoms with Crippen LogP contribution in [0.15, 0.2) is 0 Å². The van der Waals surface area contributed by atoms with Crippen LogP contribution in [0, 0.1) is 5.41 Å². The fraction of sp³-hybridized carbons (Fsp3) is 0.960. The minimum Gasteiger partial charge on any atom is -0.460 e. The van der Waals surface area contributed by atoms with Crippen LogP contribution in [0.3, 0.4) is 0 Å². The first-order valence-electron chi connectivity index (χ1n) is 12.3. The average Bonchev–Trinajstić information content (AvgIpc) is 2.65. The van der Waals surface area contributed by atoms with Gasteiger partial charge in [-0.1, -0.05) is 34.6 Å². The molecule has 33 heavy (non-hydrogen) atoms. The number of hydrogen-bond acceptors (Lipinski definition) is 7. The van der Waals surface area contributed by atoms with Crippen LogP contribution in [0.5, 0.6) is 0 Å². The molecule has 0 saturated carbocycles. The molecule has 2 heterocycles. The first kappa shape index (κ1) is 29.5. The van der Waals surface area contributed by atoms with Crippen LogP contribution in [0.4, 0.5) is 0 Å². The predicted molar refractivity (Wildman–Crippen MR) is 143 cm³/mol. The summed E-state index contributed by atoms with van der Waals surface area (Å²) in [6, 6.07) is 0. The Morgan fingerprint density at radius 1 is 1.06 bits per heavy atom. The number of carbonyl (C=O) groups is 1. The second-order valence-electron chi connectivity index (χ2n) is 12.7. The molecule has 0 N–H and O–H groups in total. The van der Waals surface area contributed by atoms with E-state index in [1.807, 2.05) is 44.3 Å². The van der Waals surface area contributed by atoms with Crippen molar-refractivity contribution in [1.29, 1.82) is 0 Å². The van der Waals surface area contributed by atoms with E-state index in [1.165, 1.54) is 17.9 Å². The first-order chi connectivity index (χ1) is 14.9. The van der Waals surface area contributed by atoms with Crippen LogP contribution >= 0.6 is 23.5 Å². The number of rotatable bonds is 7. The number of thioether (sulfide) groups is 2. The van der Waals surface area contributed by atoms with E-state index in [0.717, 1.165) is 6.42 Å². The molecule has 2 rings (SSSR count). The molecular weight excluding hydrogens is 472 g/mol. The third kappa shape index (κ3) is 7.87. The van der Waals surface area contributed by atoms with Crippen LogP contribution in [0.2, 0.25) is 18.1 Å². The Balaban J connectivity index is 2.35. The molecule has 2 aliphatic rings. The molecule has 0 aromatic carbocycles. The summed E-state index contributed by atoms with van der Waals surface area (Å²) in [5.74, 6) is 1.03. The van der Waals surface area contributed by atoms with Crippen molar-refractivity contribution < 1.29 is 23.4 Å². The van der Waals surface area contributed by atoms with Crippen molar-refractivity contribution in [1.82, 2.24) is 0 Å². The molecule has 0 radical (unpaired) electrons. The zero-order valence-electron chi connectivity index (χ0n) is 22.8. The summed E-state index contributed by atoms with van der Waals surface area (Å²) in [7, 11) is -0.366. The summed E-state index contributed by atoms with van der Waals surface area (Å²) in [5, 5.41) is 0.103. The van der Waals surface area contributed by atoms with Crippen molar-refractivity contribution in [3.8, 4) is 0 Å². The Morgan fingerprint density at radius 3 is 2.12 bits per heavy atom.